The van der Waals surface area contributed by atoms with Crippen molar-refractivity contribution in [2.75, 3.05) is 33.4 Å². The SMILES string of the molecule is CCC1(COCOCOc2ccc(O)cc2)COC1. The number of rotatable bonds is 8. The first-order valence-corrected chi connectivity index (χ1v) is 6.39. The summed E-state index contributed by atoms with van der Waals surface area (Å²) in [4.78, 5) is 0. The van der Waals surface area contributed by atoms with Crippen LogP contribution in [0, 0.1) is 5.41 Å². The molecule has 0 aliphatic carbocycles. The van der Waals surface area contributed by atoms with Gasteiger partial charge in [0, 0.05) is 5.41 Å². The average molecular weight is 268 g/mol. The van der Waals surface area contributed by atoms with E-state index in [1.807, 2.05) is 0 Å². The average Bonchev–Trinajstić information content (AvgIpc) is 2.38. The molecule has 0 saturated carbocycles. The van der Waals surface area contributed by atoms with Gasteiger partial charge in [-0.05, 0) is 30.7 Å². The third-order valence-electron chi connectivity index (χ3n) is 3.29. The maximum Gasteiger partial charge on any atom is 0.191 e. The van der Waals surface area contributed by atoms with Gasteiger partial charge in [0.05, 0.1) is 19.8 Å². The maximum atomic E-state index is 9.11. The van der Waals surface area contributed by atoms with Gasteiger partial charge in [0.1, 0.15) is 11.5 Å². The lowest BCUT2D eigenvalue weighted by Crippen LogP contribution is -2.45. The van der Waals surface area contributed by atoms with Gasteiger partial charge in [0.25, 0.3) is 0 Å². The normalized spacial score (nSPS) is 16.9. The van der Waals surface area contributed by atoms with E-state index in [2.05, 4.69) is 6.92 Å². The molecule has 5 heteroatoms. The lowest BCUT2D eigenvalue weighted by molar-refractivity contribution is -0.181. The molecule has 0 radical (unpaired) electrons. The van der Waals surface area contributed by atoms with Crippen LogP contribution in [0.5, 0.6) is 11.5 Å². The molecule has 1 aromatic rings. The highest BCUT2D eigenvalue weighted by atomic mass is 16.7. The van der Waals surface area contributed by atoms with Crippen LogP contribution < -0.4 is 4.74 Å². The summed E-state index contributed by atoms with van der Waals surface area (Å²) in [7, 11) is 0. The number of ether oxygens (including phenoxy) is 4. The summed E-state index contributed by atoms with van der Waals surface area (Å²) in [6.07, 6.45) is 1.05. The number of phenolic OH excluding ortho intramolecular Hbond substituents is 1. The third-order valence-corrected chi connectivity index (χ3v) is 3.29. The molecule has 0 atom stereocenters. The van der Waals surface area contributed by atoms with E-state index in [0.29, 0.717) is 12.4 Å². The van der Waals surface area contributed by atoms with Crippen LogP contribution >= 0.6 is 0 Å². The fourth-order valence-electron chi connectivity index (χ4n) is 1.78. The number of hydrogen-bond acceptors (Lipinski definition) is 5. The molecule has 1 aromatic carbocycles. The second-order valence-electron chi connectivity index (χ2n) is 4.77. The lowest BCUT2D eigenvalue weighted by atomic mass is 9.84. The molecule has 1 heterocycles. The first-order valence-electron chi connectivity index (χ1n) is 6.39. The molecular weight excluding hydrogens is 248 g/mol. The van der Waals surface area contributed by atoms with Crippen LogP contribution in [0.25, 0.3) is 0 Å². The number of hydrogen-bond donors (Lipinski definition) is 1. The van der Waals surface area contributed by atoms with Crippen molar-refractivity contribution in [1.29, 1.82) is 0 Å². The van der Waals surface area contributed by atoms with Crippen LogP contribution in [0.2, 0.25) is 0 Å². The highest BCUT2D eigenvalue weighted by molar-refractivity contribution is 5.29. The van der Waals surface area contributed by atoms with Crippen molar-refractivity contribution in [2.24, 2.45) is 5.41 Å². The Hall–Kier alpha value is -1.30. The van der Waals surface area contributed by atoms with Crippen molar-refractivity contribution >= 4 is 0 Å². The second-order valence-corrected chi connectivity index (χ2v) is 4.77. The van der Waals surface area contributed by atoms with E-state index in [1.54, 1.807) is 24.3 Å². The van der Waals surface area contributed by atoms with Crippen molar-refractivity contribution in [3.05, 3.63) is 24.3 Å². The van der Waals surface area contributed by atoms with Crippen LogP contribution in [0.4, 0.5) is 0 Å². The zero-order chi connectivity index (χ0) is 13.6. The van der Waals surface area contributed by atoms with Crippen LogP contribution in [0.1, 0.15) is 13.3 Å². The molecule has 0 spiro atoms. The molecule has 0 unspecified atom stereocenters. The van der Waals surface area contributed by atoms with Gasteiger partial charge in [-0.15, -0.1) is 0 Å². The highest BCUT2D eigenvalue weighted by Crippen LogP contribution is 2.31. The molecule has 5 nitrogen and oxygen atoms in total. The minimum absolute atomic E-state index is 0.125. The minimum Gasteiger partial charge on any atom is -0.508 e. The van der Waals surface area contributed by atoms with Gasteiger partial charge >= 0.3 is 0 Å². The lowest BCUT2D eigenvalue weighted by Gasteiger charge is -2.40. The Morgan fingerprint density at radius 2 is 1.89 bits per heavy atom. The van der Waals surface area contributed by atoms with Gasteiger partial charge in [0.2, 0.25) is 0 Å². The summed E-state index contributed by atoms with van der Waals surface area (Å²) in [5, 5.41) is 9.11. The van der Waals surface area contributed by atoms with Crippen LogP contribution in [-0.4, -0.2) is 38.5 Å². The molecule has 1 fully saturated rings. The van der Waals surface area contributed by atoms with Gasteiger partial charge in [-0.25, -0.2) is 0 Å². The van der Waals surface area contributed by atoms with Gasteiger partial charge in [-0.2, -0.15) is 0 Å². The van der Waals surface area contributed by atoms with Crippen LogP contribution in [-0.2, 0) is 14.2 Å². The van der Waals surface area contributed by atoms with Gasteiger partial charge < -0.3 is 24.1 Å². The van der Waals surface area contributed by atoms with Crippen molar-refractivity contribution in [3.63, 3.8) is 0 Å². The molecule has 1 aliphatic rings. The van der Waals surface area contributed by atoms with Crippen molar-refractivity contribution in [3.8, 4) is 11.5 Å². The van der Waals surface area contributed by atoms with Crippen molar-refractivity contribution in [2.45, 2.75) is 13.3 Å². The third kappa shape index (κ3) is 4.09. The Bertz CT molecular complexity index is 366. The molecule has 1 aliphatic heterocycles. The first-order chi connectivity index (χ1) is 9.24. The Balaban J connectivity index is 1.54. The maximum absolute atomic E-state index is 9.11. The van der Waals surface area contributed by atoms with E-state index < -0.39 is 0 Å². The second kappa shape index (κ2) is 6.75. The molecule has 2 rings (SSSR count). The molecule has 19 heavy (non-hydrogen) atoms. The molecule has 0 amide bonds. The summed E-state index contributed by atoms with van der Waals surface area (Å²) < 4.78 is 21.2. The van der Waals surface area contributed by atoms with Gasteiger partial charge in [-0.1, -0.05) is 6.92 Å². The first kappa shape index (κ1) is 14.1. The van der Waals surface area contributed by atoms with Crippen molar-refractivity contribution < 1.29 is 24.1 Å². The monoisotopic (exact) mass is 268 g/mol. The zero-order valence-electron chi connectivity index (χ0n) is 11.1. The van der Waals surface area contributed by atoms with E-state index in [1.165, 1.54) is 0 Å². The number of benzene rings is 1. The molecule has 1 saturated heterocycles. The highest BCUT2D eigenvalue weighted by Gasteiger charge is 2.36. The Kier molecular flexibility index (Phi) is 5.01. The molecule has 106 valence electrons. The summed E-state index contributed by atoms with van der Waals surface area (Å²) in [6, 6.07) is 6.48. The zero-order valence-corrected chi connectivity index (χ0v) is 11.1. The number of phenols is 1. The summed E-state index contributed by atoms with van der Waals surface area (Å²) in [5.41, 5.74) is 0.182. The predicted molar refractivity (Wildman–Crippen MR) is 69.0 cm³/mol. The summed E-state index contributed by atoms with van der Waals surface area (Å²) in [5.74, 6) is 0.861. The predicted octanol–water partition coefficient (Wildman–Crippen LogP) is 2.15. The summed E-state index contributed by atoms with van der Waals surface area (Å²) in [6.45, 7) is 4.67. The quantitative estimate of drug-likeness (QED) is 0.578. The minimum atomic E-state index is 0.125. The molecule has 0 aromatic heterocycles. The van der Waals surface area contributed by atoms with E-state index >= 15 is 0 Å². The van der Waals surface area contributed by atoms with Crippen molar-refractivity contribution in [1.82, 2.24) is 0 Å². The van der Waals surface area contributed by atoms with Crippen LogP contribution in [0.3, 0.4) is 0 Å². The Morgan fingerprint density at radius 1 is 1.16 bits per heavy atom. The smallest absolute Gasteiger partial charge is 0.191 e. The van der Waals surface area contributed by atoms with Gasteiger partial charge in [-0.3, -0.25) is 0 Å². The largest absolute Gasteiger partial charge is 0.508 e. The summed E-state index contributed by atoms with van der Waals surface area (Å²) >= 11 is 0. The Labute approximate surface area is 113 Å². The van der Waals surface area contributed by atoms with E-state index in [-0.39, 0.29) is 24.8 Å². The fraction of sp³-hybridized carbons (Fsp3) is 0.571. The molecule has 1 N–H and O–H groups in total. The van der Waals surface area contributed by atoms with Gasteiger partial charge in [0.15, 0.2) is 13.6 Å². The standard InChI is InChI=1S/C14H20O5/c1-2-14(7-16-8-14)9-17-10-18-11-19-13-5-3-12(15)4-6-13/h3-6,15H,2,7-11H2,1H3. The molecule has 0 bridgehead atoms. The van der Waals surface area contributed by atoms with Crippen LogP contribution in [0.15, 0.2) is 24.3 Å². The topological polar surface area (TPSA) is 57.2 Å². The van der Waals surface area contributed by atoms with E-state index in [4.69, 9.17) is 24.1 Å². The fourth-order valence-corrected chi connectivity index (χ4v) is 1.78. The number of aromatic hydroxyl groups is 1. The molecular formula is C14H20O5. The van der Waals surface area contributed by atoms with E-state index in [9.17, 15) is 0 Å². The Morgan fingerprint density at radius 3 is 2.47 bits per heavy atom. The van der Waals surface area contributed by atoms with E-state index in [0.717, 1.165) is 19.6 Å².